The highest BCUT2D eigenvalue weighted by atomic mass is 16.7. The van der Waals surface area contributed by atoms with Gasteiger partial charge in [0, 0.05) is 12.8 Å². The number of ether oxygens (including phenoxy) is 6. The van der Waals surface area contributed by atoms with Gasteiger partial charge >= 0.3 is 11.9 Å². The van der Waals surface area contributed by atoms with E-state index in [1.54, 1.807) is 0 Å². The van der Waals surface area contributed by atoms with Gasteiger partial charge in [-0.2, -0.15) is 0 Å². The van der Waals surface area contributed by atoms with Gasteiger partial charge in [0.25, 0.3) is 0 Å². The average Bonchev–Trinajstić information content (AvgIpc) is 3.33. The maximum atomic E-state index is 13.0. The molecule has 2 aliphatic heterocycles. The van der Waals surface area contributed by atoms with Crippen LogP contribution in [0.3, 0.4) is 0 Å². The van der Waals surface area contributed by atoms with Crippen LogP contribution in [0.4, 0.5) is 0 Å². The van der Waals surface area contributed by atoms with Gasteiger partial charge < -0.3 is 64.2 Å². The Kier molecular flexibility index (Phi) is 36.7. The zero-order valence-corrected chi connectivity index (χ0v) is 41.8. The molecule has 2 saturated heterocycles. The molecule has 2 aliphatic rings. The normalized spacial score (nSPS) is 26.0. The highest BCUT2D eigenvalue weighted by Crippen LogP contribution is 2.26. The molecule has 7 N–H and O–H groups in total. The van der Waals surface area contributed by atoms with Gasteiger partial charge in [-0.05, 0) is 51.4 Å². The molecule has 0 saturated carbocycles. The van der Waals surface area contributed by atoms with E-state index in [1.165, 1.54) is 103 Å². The standard InChI is InChI=1S/C53H94O15/c1-3-5-7-9-11-13-15-17-19-20-22-24-26-28-30-32-34-36-45(56)66-41(38-63-44(55)35-33-31-29-27-25-23-21-18-16-14-12-10-8-6-4-2)39-64-52-51(62)49(60)47(58)43(68-52)40-65-53-50(61)48(59)46(57)42(37-54)67-53/h12,14,18,21,25,27,41-43,46-54,57-62H,3-11,13,15-17,19-20,22-24,26,28-40H2,1-2H3/b14-12+,21-18+,27-25+/t41-,42+,43+,46-,47-,48?,49?,50?,51?,52+,53+/m1/s1. The van der Waals surface area contributed by atoms with Gasteiger partial charge in [-0.1, -0.05) is 166 Å². The quantitative estimate of drug-likeness (QED) is 0.0177. The van der Waals surface area contributed by atoms with Crippen molar-refractivity contribution in [3.05, 3.63) is 36.5 Å². The molecule has 15 nitrogen and oxygen atoms in total. The molecule has 2 rings (SSSR count). The van der Waals surface area contributed by atoms with Crippen LogP contribution in [0, 0.1) is 0 Å². The summed E-state index contributed by atoms with van der Waals surface area (Å²) in [5, 5.41) is 72.1. The molecule has 11 atom stereocenters. The lowest BCUT2D eigenvalue weighted by atomic mass is 9.98. The summed E-state index contributed by atoms with van der Waals surface area (Å²) in [6.07, 6.45) is 26.0. The van der Waals surface area contributed by atoms with Crippen molar-refractivity contribution < 1.29 is 73.8 Å². The van der Waals surface area contributed by atoms with Crippen molar-refractivity contribution >= 4 is 11.9 Å². The van der Waals surface area contributed by atoms with E-state index in [-0.39, 0.29) is 19.4 Å². The lowest BCUT2D eigenvalue weighted by Gasteiger charge is -2.42. The molecule has 0 aromatic heterocycles. The molecule has 15 heteroatoms. The predicted octanol–water partition coefficient (Wildman–Crippen LogP) is 7.71. The third-order valence-electron chi connectivity index (χ3n) is 12.6. The van der Waals surface area contributed by atoms with Crippen molar-refractivity contribution in [2.75, 3.05) is 26.4 Å². The molecule has 396 valence electrons. The highest BCUT2D eigenvalue weighted by molar-refractivity contribution is 5.70. The van der Waals surface area contributed by atoms with E-state index in [4.69, 9.17) is 28.4 Å². The van der Waals surface area contributed by atoms with Crippen molar-refractivity contribution in [2.24, 2.45) is 0 Å². The van der Waals surface area contributed by atoms with E-state index in [0.29, 0.717) is 12.8 Å². The van der Waals surface area contributed by atoms with Crippen LogP contribution in [0.5, 0.6) is 0 Å². The SMILES string of the molecule is CCCCC/C=C/C/C=C/C/C=C/CCCCC(=O)OC[C@H](CO[C@H]1O[C@@H](CO[C@H]2O[C@@H](CO)[C@@H](O)C(O)C2O)[C@@H](O)C(O)C1O)OC(=O)CCCCCCCCCCCCCCCCCCC. The van der Waals surface area contributed by atoms with Crippen LogP contribution >= 0.6 is 0 Å². The smallest absolute Gasteiger partial charge is 0.306 e. The fraction of sp³-hybridized carbons (Fsp3) is 0.849. The summed E-state index contributed by atoms with van der Waals surface area (Å²) in [4.78, 5) is 25.8. The van der Waals surface area contributed by atoms with E-state index in [2.05, 4.69) is 50.3 Å². The highest BCUT2D eigenvalue weighted by Gasteiger charge is 2.47. The number of hydrogen-bond acceptors (Lipinski definition) is 15. The number of unbranched alkanes of at least 4 members (excludes halogenated alkanes) is 21. The first kappa shape index (κ1) is 61.8. The van der Waals surface area contributed by atoms with Gasteiger partial charge in [0.2, 0.25) is 0 Å². The maximum Gasteiger partial charge on any atom is 0.306 e. The summed E-state index contributed by atoms with van der Waals surface area (Å²) in [6.45, 7) is 2.54. The summed E-state index contributed by atoms with van der Waals surface area (Å²) in [5.41, 5.74) is 0. The first-order valence-corrected chi connectivity index (χ1v) is 26.6. The Hall–Kier alpha value is -2.28. The fourth-order valence-electron chi connectivity index (χ4n) is 8.22. The lowest BCUT2D eigenvalue weighted by molar-refractivity contribution is -0.332. The summed E-state index contributed by atoms with van der Waals surface area (Å²) >= 11 is 0. The van der Waals surface area contributed by atoms with Crippen LogP contribution in [-0.4, -0.2) is 142 Å². The maximum absolute atomic E-state index is 13.0. The molecule has 0 radical (unpaired) electrons. The third-order valence-corrected chi connectivity index (χ3v) is 12.6. The zero-order valence-electron chi connectivity index (χ0n) is 41.8. The average molecular weight is 971 g/mol. The Balaban J connectivity index is 1.81. The van der Waals surface area contributed by atoms with Crippen LogP contribution in [0.25, 0.3) is 0 Å². The number of aliphatic hydroxyl groups is 7. The second kappa shape index (κ2) is 40.3. The molecule has 0 aromatic rings. The fourth-order valence-corrected chi connectivity index (χ4v) is 8.22. The molecule has 0 amide bonds. The van der Waals surface area contributed by atoms with E-state index in [9.17, 15) is 45.3 Å². The first-order valence-electron chi connectivity index (χ1n) is 26.6. The van der Waals surface area contributed by atoms with Crippen LogP contribution in [0.2, 0.25) is 0 Å². The summed E-state index contributed by atoms with van der Waals surface area (Å²) < 4.78 is 33.6. The van der Waals surface area contributed by atoms with Crippen molar-refractivity contribution in [1.82, 2.24) is 0 Å². The molecule has 0 spiro atoms. The van der Waals surface area contributed by atoms with E-state index >= 15 is 0 Å². The summed E-state index contributed by atoms with van der Waals surface area (Å²) in [7, 11) is 0. The number of hydrogen-bond donors (Lipinski definition) is 7. The monoisotopic (exact) mass is 971 g/mol. The second-order valence-electron chi connectivity index (χ2n) is 18.7. The molecule has 0 aromatic carbocycles. The Morgan fingerprint density at radius 2 is 0.882 bits per heavy atom. The zero-order chi connectivity index (χ0) is 49.6. The Morgan fingerprint density at radius 3 is 1.41 bits per heavy atom. The minimum absolute atomic E-state index is 0.160. The van der Waals surface area contributed by atoms with Gasteiger partial charge in [-0.3, -0.25) is 9.59 Å². The van der Waals surface area contributed by atoms with Crippen molar-refractivity contribution in [3.63, 3.8) is 0 Å². The third kappa shape index (κ3) is 27.9. The molecule has 2 heterocycles. The van der Waals surface area contributed by atoms with Crippen molar-refractivity contribution in [1.29, 1.82) is 0 Å². The van der Waals surface area contributed by atoms with Crippen LogP contribution in [0.1, 0.15) is 194 Å². The topological polar surface area (TPSA) is 231 Å². The molecule has 2 fully saturated rings. The molecule has 0 bridgehead atoms. The van der Waals surface area contributed by atoms with Crippen LogP contribution in [-0.2, 0) is 38.0 Å². The minimum Gasteiger partial charge on any atom is -0.462 e. The van der Waals surface area contributed by atoms with E-state index < -0.39 is 99.3 Å². The van der Waals surface area contributed by atoms with E-state index in [0.717, 1.165) is 51.4 Å². The summed E-state index contributed by atoms with van der Waals surface area (Å²) in [6, 6.07) is 0. The van der Waals surface area contributed by atoms with Gasteiger partial charge in [-0.15, -0.1) is 0 Å². The molecular formula is C53H94O15. The van der Waals surface area contributed by atoms with Gasteiger partial charge in [-0.25, -0.2) is 0 Å². The Bertz CT molecular complexity index is 1330. The van der Waals surface area contributed by atoms with Crippen LogP contribution < -0.4 is 0 Å². The minimum atomic E-state index is -1.77. The number of rotatable bonds is 41. The van der Waals surface area contributed by atoms with Gasteiger partial charge in [0.15, 0.2) is 18.7 Å². The van der Waals surface area contributed by atoms with Crippen LogP contribution in [0.15, 0.2) is 36.5 Å². The van der Waals surface area contributed by atoms with Gasteiger partial charge in [0.05, 0.1) is 19.8 Å². The second-order valence-corrected chi connectivity index (χ2v) is 18.7. The summed E-state index contributed by atoms with van der Waals surface area (Å²) in [5.74, 6) is -0.964. The number of carbonyl (C=O) groups excluding carboxylic acids is 2. The van der Waals surface area contributed by atoms with Crippen molar-refractivity contribution in [2.45, 2.75) is 261 Å². The predicted molar refractivity (Wildman–Crippen MR) is 261 cm³/mol. The lowest BCUT2D eigenvalue weighted by Crippen LogP contribution is -2.61. The Labute approximate surface area is 408 Å². The first-order chi connectivity index (χ1) is 33.0. The Morgan fingerprint density at radius 1 is 0.471 bits per heavy atom. The number of esters is 2. The van der Waals surface area contributed by atoms with E-state index in [1.807, 2.05) is 0 Å². The number of aliphatic hydroxyl groups excluding tert-OH is 7. The number of carbonyl (C=O) groups is 2. The molecule has 4 unspecified atom stereocenters. The largest absolute Gasteiger partial charge is 0.462 e. The number of allylic oxidation sites excluding steroid dienone is 6. The molecule has 0 aliphatic carbocycles. The molecule has 68 heavy (non-hydrogen) atoms. The molecular weight excluding hydrogens is 877 g/mol. The van der Waals surface area contributed by atoms with Crippen molar-refractivity contribution in [3.8, 4) is 0 Å². The van der Waals surface area contributed by atoms with Gasteiger partial charge in [0.1, 0.15) is 55.4 Å².